The van der Waals surface area contributed by atoms with Gasteiger partial charge in [0.1, 0.15) is 5.82 Å². The van der Waals surface area contributed by atoms with Crippen LogP contribution in [0.15, 0.2) is 30.5 Å². The largest absolute Gasteiger partial charge is 0.370 e. The highest BCUT2D eigenvalue weighted by Gasteiger charge is 2.29. The van der Waals surface area contributed by atoms with E-state index in [4.69, 9.17) is 0 Å². The molecule has 126 valence electrons. The van der Waals surface area contributed by atoms with Crippen molar-refractivity contribution in [3.8, 4) is 0 Å². The van der Waals surface area contributed by atoms with Gasteiger partial charge in [-0.25, -0.2) is 4.98 Å². The number of fused-ring (bicyclic) bond motifs is 1. The Morgan fingerprint density at radius 3 is 3.04 bits per heavy atom. The van der Waals surface area contributed by atoms with E-state index in [1.165, 1.54) is 11.3 Å². The molecule has 0 spiro atoms. The highest BCUT2D eigenvalue weighted by atomic mass is 16.2. The minimum absolute atomic E-state index is 0.269. The van der Waals surface area contributed by atoms with E-state index < -0.39 is 0 Å². The van der Waals surface area contributed by atoms with Gasteiger partial charge in [0, 0.05) is 56.1 Å². The Labute approximate surface area is 142 Å². The molecule has 2 aliphatic rings. The summed E-state index contributed by atoms with van der Waals surface area (Å²) in [5.74, 6) is 1.65. The predicted octanol–water partition coefficient (Wildman–Crippen LogP) is 2.49. The van der Waals surface area contributed by atoms with Crippen molar-refractivity contribution in [1.29, 1.82) is 0 Å². The molecule has 2 aliphatic heterocycles. The highest BCUT2D eigenvalue weighted by molar-refractivity contribution is 5.77. The van der Waals surface area contributed by atoms with Crippen molar-refractivity contribution in [2.24, 2.45) is 0 Å². The molecule has 1 saturated heterocycles. The molecule has 0 radical (unpaired) electrons. The van der Waals surface area contributed by atoms with Crippen LogP contribution in [0.5, 0.6) is 0 Å². The minimum atomic E-state index is 0.269. The maximum Gasteiger partial charge on any atom is 0.224 e. The molecule has 1 aromatic heterocycles. The van der Waals surface area contributed by atoms with Crippen molar-refractivity contribution in [3.05, 3.63) is 47.5 Å². The molecule has 2 aromatic rings. The maximum atomic E-state index is 12.6. The first-order valence-electron chi connectivity index (χ1n) is 8.83. The number of para-hydroxylation sites is 1. The van der Waals surface area contributed by atoms with Gasteiger partial charge in [-0.1, -0.05) is 18.2 Å². The van der Waals surface area contributed by atoms with Crippen LogP contribution in [0.4, 0.5) is 5.69 Å². The summed E-state index contributed by atoms with van der Waals surface area (Å²) >= 11 is 0. The summed E-state index contributed by atoms with van der Waals surface area (Å²) in [6.45, 7) is 5.50. The number of aromatic amines is 1. The van der Waals surface area contributed by atoms with Gasteiger partial charge in [-0.05, 0) is 31.4 Å². The molecule has 3 heterocycles. The van der Waals surface area contributed by atoms with Crippen LogP contribution in [0, 0.1) is 6.92 Å². The summed E-state index contributed by atoms with van der Waals surface area (Å²) < 4.78 is 0. The van der Waals surface area contributed by atoms with Crippen molar-refractivity contribution in [2.45, 2.75) is 32.1 Å². The number of anilines is 1. The SMILES string of the molecule is Cc1cnc([C@@H]2CCN(C(=O)CCN3CCc4ccccc43)C2)[nH]1. The lowest BCUT2D eigenvalue weighted by Crippen LogP contribution is -2.32. The van der Waals surface area contributed by atoms with Crippen LogP contribution >= 0.6 is 0 Å². The Hall–Kier alpha value is -2.30. The lowest BCUT2D eigenvalue weighted by Gasteiger charge is -2.21. The van der Waals surface area contributed by atoms with Crippen LogP contribution in [0.3, 0.4) is 0 Å². The summed E-state index contributed by atoms with van der Waals surface area (Å²) in [4.78, 5) is 24.6. The molecule has 0 aliphatic carbocycles. The number of nitrogens with one attached hydrogen (secondary N) is 1. The van der Waals surface area contributed by atoms with Gasteiger partial charge in [0.2, 0.25) is 5.91 Å². The Balaban J connectivity index is 1.31. The van der Waals surface area contributed by atoms with Crippen molar-refractivity contribution >= 4 is 11.6 Å². The topological polar surface area (TPSA) is 52.2 Å². The number of aromatic nitrogens is 2. The molecule has 1 atom stereocenters. The lowest BCUT2D eigenvalue weighted by molar-refractivity contribution is -0.129. The molecular weight excluding hydrogens is 300 g/mol. The van der Waals surface area contributed by atoms with E-state index in [0.29, 0.717) is 12.3 Å². The van der Waals surface area contributed by atoms with E-state index in [0.717, 1.165) is 50.5 Å². The first kappa shape index (κ1) is 15.2. The van der Waals surface area contributed by atoms with Crippen molar-refractivity contribution in [2.75, 3.05) is 31.1 Å². The van der Waals surface area contributed by atoms with Gasteiger partial charge >= 0.3 is 0 Å². The number of imidazole rings is 1. The van der Waals surface area contributed by atoms with Crippen LogP contribution in [-0.4, -0.2) is 47.0 Å². The number of hydrogen-bond acceptors (Lipinski definition) is 3. The average molecular weight is 324 g/mol. The molecule has 1 fully saturated rings. The average Bonchev–Trinajstić information content (AvgIpc) is 3.31. The number of benzene rings is 1. The first-order valence-corrected chi connectivity index (χ1v) is 8.83. The number of H-pyrrole nitrogens is 1. The number of nitrogens with zero attached hydrogens (tertiary/aromatic N) is 3. The Kier molecular flexibility index (Phi) is 4.00. The number of carbonyl (C=O) groups excluding carboxylic acids is 1. The standard InChI is InChI=1S/C19H24N4O/c1-14-12-20-19(21-14)16-7-10-23(13-16)18(24)8-11-22-9-6-15-4-2-3-5-17(15)22/h2-5,12,16H,6-11,13H2,1H3,(H,20,21)/t16-/m1/s1. The smallest absolute Gasteiger partial charge is 0.224 e. The maximum absolute atomic E-state index is 12.6. The normalized spacial score (nSPS) is 19.8. The zero-order chi connectivity index (χ0) is 16.5. The predicted molar refractivity (Wildman–Crippen MR) is 94.2 cm³/mol. The van der Waals surface area contributed by atoms with Crippen LogP contribution in [0.1, 0.15) is 35.8 Å². The molecule has 5 heteroatoms. The van der Waals surface area contributed by atoms with E-state index in [2.05, 4.69) is 39.1 Å². The van der Waals surface area contributed by atoms with Gasteiger partial charge in [-0.3, -0.25) is 4.79 Å². The van der Waals surface area contributed by atoms with E-state index in [9.17, 15) is 4.79 Å². The number of hydrogen-bond donors (Lipinski definition) is 1. The van der Waals surface area contributed by atoms with Gasteiger partial charge in [0.05, 0.1) is 0 Å². The second-order valence-electron chi connectivity index (χ2n) is 6.89. The van der Waals surface area contributed by atoms with Gasteiger partial charge < -0.3 is 14.8 Å². The lowest BCUT2D eigenvalue weighted by atomic mass is 10.1. The van der Waals surface area contributed by atoms with Crippen molar-refractivity contribution in [1.82, 2.24) is 14.9 Å². The zero-order valence-electron chi connectivity index (χ0n) is 14.2. The Morgan fingerprint density at radius 2 is 2.21 bits per heavy atom. The number of rotatable bonds is 4. The summed E-state index contributed by atoms with van der Waals surface area (Å²) in [5, 5.41) is 0. The number of amides is 1. The van der Waals surface area contributed by atoms with E-state index >= 15 is 0 Å². The van der Waals surface area contributed by atoms with Crippen LogP contribution in [0.2, 0.25) is 0 Å². The zero-order valence-corrected chi connectivity index (χ0v) is 14.2. The van der Waals surface area contributed by atoms with Crippen molar-refractivity contribution in [3.63, 3.8) is 0 Å². The molecule has 24 heavy (non-hydrogen) atoms. The monoisotopic (exact) mass is 324 g/mol. The van der Waals surface area contributed by atoms with Crippen LogP contribution in [-0.2, 0) is 11.2 Å². The molecule has 0 saturated carbocycles. The molecule has 1 N–H and O–H groups in total. The molecule has 1 amide bonds. The molecule has 5 nitrogen and oxygen atoms in total. The fourth-order valence-corrected chi connectivity index (χ4v) is 3.88. The minimum Gasteiger partial charge on any atom is -0.370 e. The first-order chi connectivity index (χ1) is 11.7. The van der Waals surface area contributed by atoms with Crippen LogP contribution < -0.4 is 4.90 Å². The third-order valence-corrected chi connectivity index (χ3v) is 5.23. The fourth-order valence-electron chi connectivity index (χ4n) is 3.88. The van der Waals surface area contributed by atoms with Gasteiger partial charge in [0.25, 0.3) is 0 Å². The second-order valence-corrected chi connectivity index (χ2v) is 6.89. The Bertz CT molecular complexity index is 738. The van der Waals surface area contributed by atoms with Gasteiger partial charge in [0.15, 0.2) is 0 Å². The van der Waals surface area contributed by atoms with Gasteiger partial charge in [-0.15, -0.1) is 0 Å². The quantitative estimate of drug-likeness (QED) is 0.940. The third kappa shape index (κ3) is 2.90. The van der Waals surface area contributed by atoms with Gasteiger partial charge in [-0.2, -0.15) is 0 Å². The molecule has 1 aromatic carbocycles. The molecule has 4 rings (SSSR count). The summed E-state index contributed by atoms with van der Waals surface area (Å²) in [5.41, 5.74) is 3.79. The van der Waals surface area contributed by atoms with Crippen molar-refractivity contribution < 1.29 is 4.79 Å². The highest BCUT2D eigenvalue weighted by Crippen LogP contribution is 2.28. The van der Waals surface area contributed by atoms with Crippen LogP contribution in [0.25, 0.3) is 0 Å². The van der Waals surface area contributed by atoms with E-state index in [1.807, 2.05) is 18.0 Å². The summed E-state index contributed by atoms with van der Waals surface area (Å²) in [7, 11) is 0. The summed E-state index contributed by atoms with van der Waals surface area (Å²) in [6, 6.07) is 8.52. The summed E-state index contributed by atoms with van der Waals surface area (Å²) in [6.07, 6.45) is 4.56. The van der Waals surface area contributed by atoms with E-state index in [-0.39, 0.29) is 5.91 Å². The fraction of sp³-hybridized carbons (Fsp3) is 0.474. The number of aryl methyl sites for hydroxylation is 1. The Morgan fingerprint density at radius 1 is 1.33 bits per heavy atom. The second kappa shape index (κ2) is 6.30. The third-order valence-electron chi connectivity index (χ3n) is 5.23. The van der Waals surface area contributed by atoms with E-state index in [1.54, 1.807) is 0 Å². The number of carbonyl (C=O) groups is 1. The molecular formula is C19H24N4O. The molecule has 0 unspecified atom stereocenters. The molecule has 0 bridgehead atoms. The number of likely N-dealkylation sites (tertiary alicyclic amines) is 1.